The first-order chi connectivity index (χ1) is 11.5. The van der Waals surface area contributed by atoms with Crippen LogP contribution in [-0.4, -0.2) is 13.0 Å². The summed E-state index contributed by atoms with van der Waals surface area (Å²) in [4.78, 5) is 4.14. The average molecular weight is 324 g/mol. The summed E-state index contributed by atoms with van der Waals surface area (Å²) >= 11 is 0. The van der Waals surface area contributed by atoms with Crippen molar-refractivity contribution in [2.24, 2.45) is 4.99 Å². The molecule has 2 aromatic rings. The van der Waals surface area contributed by atoms with Gasteiger partial charge in [-0.3, -0.25) is 4.99 Å². The lowest BCUT2D eigenvalue weighted by Crippen LogP contribution is -2.36. The minimum Gasteiger partial charge on any atom is -0.352 e. The highest BCUT2D eigenvalue weighted by atomic mass is 19.1. The molecule has 0 aromatic heterocycles. The van der Waals surface area contributed by atoms with Crippen molar-refractivity contribution in [1.82, 2.24) is 10.6 Å². The maximum atomic E-state index is 13.8. The second-order valence-electron chi connectivity index (χ2n) is 5.63. The number of guanidine groups is 1. The molecule has 0 saturated heterocycles. The van der Waals surface area contributed by atoms with E-state index in [1.54, 1.807) is 13.1 Å². The summed E-state index contributed by atoms with van der Waals surface area (Å²) in [5, 5.41) is 15.2. The van der Waals surface area contributed by atoms with E-state index in [1.807, 2.05) is 6.07 Å². The summed E-state index contributed by atoms with van der Waals surface area (Å²) in [6.45, 7) is 5.03. The molecule has 4 nitrogen and oxygen atoms in total. The summed E-state index contributed by atoms with van der Waals surface area (Å²) in [6.07, 6.45) is 0. The smallest absolute Gasteiger partial charge is 0.191 e. The van der Waals surface area contributed by atoms with E-state index >= 15 is 0 Å². The Bertz CT molecular complexity index is 790. The molecule has 0 aliphatic carbocycles. The largest absolute Gasteiger partial charge is 0.352 e. The number of nitrogens with one attached hydrogen (secondary N) is 2. The lowest BCUT2D eigenvalue weighted by molar-refractivity contribution is 0.604. The van der Waals surface area contributed by atoms with Crippen molar-refractivity contribution in [3.8, 4) is 6.07 Å². The molecule has 0 aliphatic heterocycles. The number of benzene rings is 2. The van der Waals surface area contributed by atoms with Crippen LogP contribution in [0.5, 0.6) is 0 Å². The molecule has 0 fully saturated rings. The molecule has 0 spiro atoms. The zero-order chi connectivity index (χ0) is 17.5. The molecule has 2 aromatic carbocycles. The summed E-state index contributed by atoms with van der Waals surface area (Å²) in [5.41, 5.74) is 4.49. The Morgan fingerprint density at radius 2 is 1.79 bits per heavy atom. The number of nitriles is 1. The Labute approximate surface area is 142 Å². The molecule has 2 rings (SSSR count). The zero-order valence-electron chi connectivity index (χ0n) is 14.2. The van der Waals surface area contributed by atoms with Gasteiger partial charge in [-0.2, -0.15) is 5.26 Å². The maximum Gasteiger partial charge on any atom is 0.191 e. The number of aryl methyl sites for hydroxylation is 2. The van der Waals surface area contributed by atoms with Crippen LogP contribution in [0.25, 0.3) is 0 Å². The first-order valence-corrected chi connectivity index (χ1v) is 7.72. The molecule has 0 aliphatic rings. The van der Waals surface area contributed by atoms with Crippen LogP contribution in [0, 0.1) is 31.0 Å². The fourth-order valence-electron chi connectivity index (χ4n) is 2.40. The van der Waals surface area contributed by atoms with E-state index in [4.69, 9.17) is 5.26 Å². The zero-order valence-corrected chi connectivity index (χ0v) is 14.2. The van der Waals surface area contributed by atoms with E-state index in [2.05, 4.69) is 47.7 Å². The van der Waals surface area contributed by atoms with Gasteiger partial charge < -0.3 is 10.6 Å². The van der Waals surface area contributed by atoms with Gasteiger partial charge in [0.1, 0.15) is 5.82 Å². The Morgan fingerprint density at radius 3 is 2.42 bits per heavy atom. The quantitative estimate of drug-likeness (QED) is 0.671. The van der Waals surface area contributed by atoms with Crippen LogP contribution in [0.3, 0.4) is 0 Å². The van der Waals surface area contributed by atoms with Crippen LogP contribution in [0.2, 0.25) is 0 Å². The highest BCUT2D eigenvalue weighted by molar-refractivity contribution is 5.79. The van der Waals surface area contributed by atoms with Gasteiger partial charge in [-0.05, 0) is 43.2 Å². The van der Waals surface area contributed by atoms with E-state index in [1.165, 1.54) is 28.8 Å². The molecule has 0 saturated carbocycles. The number of hydrogen-bond donors (Lipinski definition) is 2. The van der Waals surface area contributed by atoms with Gasteiger partial charge in [0.25, 0.3) is 0 Å². The normalized spacial score (nSPS) is 11.0. The minimum atomic E-state index is -0.341. The van der Waals surface area contributed by atoms with Crippen molar-refractivity contribution in [3.05, 3.63) is 70.0 Å². The van der Waals surface area contributed by atoms with Crippen molar-refractivity contribution in [2.75, 3.05) is 7.05 Å². The summed E-state index contributed by atoms with van der Waals surface area (Å²) in [5.74, 6) is 0.239. The molecule has 5 heteroatoms. The highest BCUT2D eigenvalue weighted by Crippen LogP contribution is 2.11. The molecule has 124 valence electrons. The van der Waals surface area contributed by atoms with Crippen LogP contribution in [0.4, 0.5) is 4.39 Å². The van der Waals surface area contributed by atoms with E-state index in [0.717, 1.165) is 0 Å². The Hall–Kier alpha value is -2.87. The van der Waals surface area contributed by atoms with Gasteiger partial charge in [0.2, 0.25) is 0 Å². The Morgan fingerprint density at radius 1 is 1.08 bits per heavy atom. The fourth-order valence-corrected chi connectivity index (χ4v) is 2.40. The first kappa shape index (κ1) is 17.5. The van der Waals surface area contributed by atoms with Crippen molar-refractivity contribution in [3.63, 3.8) is 0 Å². The Balaban J connectivity index is 1.97. The number of halogens is 1. The molecule has 0 bridgehead atoms. The van der Waals surface area contributed by atoms with Crippen LogP contribution in [0.15, 0.2) is 41.4 Å². The summed E-state index contributed by atoms with van der Waals surface area (Å²) in [7, 11) is 1.67. The maximum absolute atomic E-state index is 13.8. The SMILES string of the molecule is CN=C(NCc1ccc(C)cc1C)NCc1cc(C#N)ccc1F. The molecule has 0 radical (unpaired) electrons. The van der Waals surface area contributed by atoms with E-state index in [9.17, 15) is 4.39 Å². The average Bonchev–Trinajstić information content (AvgIpc) is 2.57. The standard InChI is InChI=1S/C19H21FN4/c1-13-4-6-16(14(2)8-13)11-23-19(22-3)24-12-17-9-15(10-21)5-7-18(17)20/h4-9H,11-12H2,1-3H3,(H2,22,23,24). The van der Waals surface area contributed by atoms with Gasteiger partial charge in [-0.15, -0.1) is 0 Å². The highest BCUT2D eigenvalue weighted by Gasteiger charge is 2.06. The van der Waals surface area contributed by atoms with Gasteiger partial charge in [0.15, 0.2) is 5.96 Å². The van der Waals surface area contributed by atoms with Crippen LogP contribution >= 0.6 is 0 Å². The molecule has 0 unspecified atom stereocenters. The second kappa shape index (κ2) is 8.11. The minimum absolute atomic E-state index is 0.258. The van der Waals surface area contributed by atoms with Gasteiger partial charge >= 0.3 is 0 Å². The van der Waals surface area contributed by atoms with Crippen molar-refractivity contribution in [1.29, 1.82) is 5.26 Å². The van der Waals surface area contributed by atoms with E-state index < -0.39 is 0 Å². The molecule has 24 heavy (non-hydrogen) atoms. The predicted octanol–water partition coefficient (Wildman–Crippen LogP) is 3.18. The number of aliphatic imine (C=N–C) groups is 1. The van der Waals surface area contributed by atoms with Crippen LogP contribution < -0.4 is 10.6 Å². The third-order valence-electron chi connectivity index (χ3n) is 3.79. The lowest BCUT2D eigenvalue weighted by atomic mass is 10.1. The molecule has 0 amide bonds. The number of rotatable bonds is 4. The second-order valence-corrected chi connectivity index (χ2v) is 5.63. The molecular formula is C19H21FN4. The molecular weight excluding hydrogens is 303 g/mol. The summed E-state index contributed by atoms with van der Waals surface area (Å²) < 4.78 is 13.8. The van der Waals surface area contributed by atoms with Crippen molar-refractivity contribution >= 4 is 5.96 Å². The Kier molecular flexibility index (Phi) is 5.91. The van der Waals surface area contributed by atoms with Gasteiger partial charge in [-0.1, -0.05) is 23.8 Å². The van der Waals surface area contributed by atoms with Gasteiger partial charge in [0.05, 0.1) is 11.6 Å². The molecule has 2 N–H and O–H groups in total. The van der Waals surface area contributed by atoms with Crippen molar-refractivity contribution in [2.45, 2.75) is 26.9 Å². The third kappa shape index (κ3) is 4.56. The molecule has 0 atom stereocenters. The lowest BCUT2D eigenvalue weighted by Gasteiger charge is -2.14. The number of hydrogen-bond acceptors (Lipinski definition) is 2. The molecule has 0 heterocycles. The van der Waals surface area contributed by atoms with E-state index in [-0.39, 0.29) is 12.4 Å². The van der Waals surface area contributed by atoms with E-state index in [0.29, 0.717) is 23.6 Å². The van der Waals surface area contributed by atoms with Crippen LogP contribution in [-0.2, 0) is 13.1 Å². The fraction of sp³-hybridized carbons (Fsp3) is 0.263. The monoisotopic (exact) mass is 324 g/mol. The number of nitrogens with zero attached hydrogens (tertiary/aromatic N) is 2. The van der Waals surface area contributed by atoms with Crippen LogP contribution in [0.1, 0.15) is 27.8 Å². The van der Waals surface area contributed by atoms with Crippen molar-refractivity contribution < 1.29 is 4.39 Å². The predicted molar refractivity (Wildman–Crippen MR) is 94.1 cm³/mol. The third-order valence-corrected chi connectivity index (χ3v) is 3.79. The first-order valence-electron chi connectivity index (χ1n) is 7.72. The van der Waals surface area contributed by atoms with Gasteiger partial charge in [0, 0.05) is 25.7 Å². The van der Waals surface area contributed by atoms with Gasteiger partial charge in [-0.25, -0.2) is 4.39 Å². The summed E-state index contributed by atoms with van der Waals surface area (Å²) in [6, 6.07) is 12.6. The topological polar surface area (TPSA) is 60.2 Å².